The van der Waals surface area contributed by atoms with Crippen LogP contribution in [0.3, 0.4) is 0 Å². The van der Waals surface area contributed by atoms with Gasteiger partial charge in [0.15, 0.2) is 5.82 Å². The largest absolute Gasteiger partial charge is 0.363 e. The predicted molar refractivity (Wildman–Crippen MR) is 59.0 cm³/mol. The van der Waals surface area contributed by atoms with Gasteiger partial charge >= 0.3 is 0 Å². The van der Waals surface area contributed by atoms with Gasteiger partial charge in [-0.2, -0.15) is 0 Å². The maximum Gasteiger partial charge on any atom is 0.290 e. The standard InChI is InChI=1S/C10H16N4O/c1-7-6-8(2-3-11-7)14-9-10(15)13-5-4-12-9/h4-5,7-8,11H,2-3,6H2,1H3,(H,12,14)(H,13,15). The maximum absolute atomic E-state index is 11.4. The number of hydrogen-bond acceptors (Lipinski definition) is 4. The number of nitrogens with one attached hydrogen (secondary N) is 3. The summed E-state index contributed by atoms with van der Waals surface area (Å²) in [5, 5.41) is 6.55. The first-order valence-electron chi connectivity index (χ1n) is 5.29. The summed E-state index contributed by atoms with van der Waals surface area (Å²) in [4.78, 5) is 18.0. The Morgan fingerprint density at radius 1 is 1.60 bits per heavy atom. The Bertz CT molecular complexity index is 376. The number of nitrogens with zero attached hydrogens (tertiary/aromatic N) is 1. The zero-order valence-electron chi connectivity index (χ0n) is 8.79. The van der Waals surface area contributed by atoms with Crippen molar-refractivity contribution in [2.45, 2.75) is 31.8 Å². The molecule has 3 N–H and O–H groups in total. The molecular weight excluding hydrogens is 192 g/mol. The van der Waals surface area contributed by atoms with Crippen LogP contribution < -0.4 is 16.2 Å². The number of rotatable bonds is 2. The molecule has 0 radical (unpaired) electrons. The summed E-state index contributed by atoms with van der Waals surface area (Å²) in [6.07, 6.45) is 5.18. The van der Waals surface area contributed by atoms with Gasteiger partial charge in [0.2, 0.25) is 0 Å². The van der Waals surface area contributed by atoms with E-state index in [1.807, 2.05) is 0 Å². The van der Waals surface area contributed by atoms with Crippen LogP contribution in [-0.4, -0.2) is 28.6 Å². The van der Waals surface area contributed by atoms with Crippen molar-refractivity contribution in [1.29, 1.82) is 0 Å². The monoisotopic (exact) mass is 208 g/mol. The van der Waals surface area contributed by atoms with Crippen molar-refractivity contribution in [3.8, 4) is 0 Å². The fraction of sp³-hybridized carbons (Fsp3) is 0.600. The summed E-state index contributed by atoms with van der Waals surface area (Å²) >= 11 is 0. The van der Waals surface area contributed by atoms with Gasteiger partial charge < -0.3 is 15.6 Å². The van der Waals surface area contributed by atoms with Gasteiger partial charge in [0.25, 0.3) is 5.56 Å². The first-order chi connectivity index (χ1) is 7.25. The Kier molecular flexibility index (Phi) is 3.01. The molecule has 1 fully saturated rings. The van der Waals surface area contributed by atoms with Crippen molar-refractivity contribution in [3.05, 3.63) is 22.7 Å². The summed E-state index contributed by atoms with van der Waals surface area (Å²) in [7, 11) is 0. The second-order valence-electron chi connectivity index (χ2n) is 3.99. The molecule has 2 rings (SSSR count). The van der Waals surface area contributed by atoms with Crippen LogP contribution in [0, 0.1) is 0 Å². The topological polar surface area (TPSA) is 69.8 Å². The minimum Gasteiger partial charge on any atom is -0.363 e. The van der Waals surface area contributed by atoms with Crippen LogP contribution >= 0.6 is 0 Å². The number of aromatic amines is 1. The van der Waals surface area contributed by atoms with E-state index in [9.17, 15) is 4.79 Å². The third-order valence-electron chi connectivity index (χ3n) is 2.67. The number of H-pyrrole nitrogens is 1. The molecule has 5 nitrogen and oxygen atoms in total. The Morgan fingerprint density at radius 3 is 3.20 bits per heavy atom. The third-order valence-corrected chi connectivity index (χ3v) is 2.67. The number of hydrogen-bond donors (Lipinski definition) is 3. The first kappa shape index (κ1) is 10.2. The zero-order chi connectivity index (χ0) is 10.7. The third kappa shape index (κ3) is 2.56. The minimum absolute atomic E-state index is 0.149. The number of anilines is 1. The van der Waals surface area contributed by atoms with E-state index in [0.29, 0.717) is 17.9 Å². The predicted octanol–water partition coefficient (Wildman–Crippen LogP) is 0.322. The fourth-order valence-corrected chi connectivity index (χ4v) is 1.91. The summed E-state index contributed by atoms with van der Waals surface area (Å²) in [6, 6.07) is 0.844. The van der Waals surface area contributed by atoms with Gasteiger partial charge in [-0.05, 0) is 26.3 Å². The molecule has 1 saturated heterocycles. The van der Waals surface area contributed by atoms with Crippen LogP contribution in [-0.2, 0) is 0 Å². The van der Waals surface area contributed by atoms with Crippen LogP contribution in [0.1, 0.15) is 19.8 Å². The van der Waals surface area contributed by atoms with Crippen LogP contribution in [0.2, 0.25) is 0 Å². The van der Waals surface area contributed by atoms with Crippen molar-refractivity contribution in [1.82, 2.24) is 15.3 Å². The highest BCUT2D eigenvalue weighted by atomic mass is 16.1. The van der Waals surface area contributed by atoms with E-state index in [0.717, 1.165) is 19.4 Å². The lowest BCUT2D eigenvalue weighted by Crippen LogP contribution is -2.42. The normalized spacial score (nSPS) is 26.2. The zero-order valence-corrected chi connectivity index (χ0v) is 8.79. The molecule has 0 spiro atoms. The molecular formula is C10H16N4O. The van der Waals surface area contributed by atoms with Crippen molar-refractivity contribution < 1.29 is 0 Å². The molecule has 2 atom stereocenters. The van der Waals surface area contributed by atoms with Crippen LogP contribution in [0.25, 0.3) is 0 Å². The molecule has 1 aliphatic rings. The van der Waals surface area contributed by atoms with Crippen molar-refractivity contribution in [3.63, 3.8) is 0 Å². The van der Waals surface area contributed by atoms with E-state index < -0.39 is 0 Å². The lowest BCUT2D eigenvalue weighted by Gasteiger charge is -2.28. The van der Waals surface area contributed by atoms with Crippen LogP contribution in [0.4, 0.5) is 5.82 Å². The number of aromatic nitrogens is 2. The fourth-order valence-electron chi connectivity index (χ4n) is 1.91. The SMILES string of the molecule is CC1CC(Nc2ncc[nH]c2=O)CCN1. The number of piperidine rings is 1. The van der Waals surface area contributed by atoms with Gasteiger partial charge in [-0.15, -0.1) is 0 Å². The molecule has 1 aromatic heterocycles. The van der Waals surface area contributed by atoms with Crippen molar-refractivity contribution in [2.24, 2.45) is 0 Å². The molecule has 1 aliphatic heterocycles. The average Bonchev–Trinajstić information content (AvgIpc) is 2.22. The molecule has 2 unspecified atom stereocenters. The van der Waals surface area contributed by atoms with Gasteiger partial charge in [0.1, 0.15) is 0 Å². The molecule has 1 aromatic rings. The summed E-state index contributed by atoms with van der Waals surface area (Å²) in [6.45, 7) is 3.14. The van der Waals surface area contributed by atoms with Gasteiger partial charge in [0, 0.05) is 24.5 Å². The summed E-state index contributed by atoms with van der Waals surface area (Å²) in [5.74, 6) is 0.427. The maximum atomic E-state index is 11.4. The second-order valence-corrected chi connectivity index (χ2v) is 3.99. The molecule has 0 aliphatic carbocycles. The van der Waals surface area contributed by atoms with Crippen molar-refractivity contribution >= 4 is 5.82 Å². The molecule has 2 heterocycles. The molecule has 5 heteroatoms. The van der Waals surface area contributed by atoms with E-state index in [2.05, 4.69) is 27.5 Å². The highest BCUT2D eigenvalue weighted by molar-refractivity contribution is 5.31. The van der Waals surface area contributed by atoms with Gasteiger partial charge in [-0.25, -0.2) is 4.98 Å². The first-order valence-corrected chi connectivity index (χ1v) is 5.29. The molecule has 0 amide bonds. The van der Waals surface area contributed by atoms with E-state index >= 15 is 0 Å². The van der Waals surface area contributed by atoms with Crippen molar-refractivity contribution in [2.75, 3.05) is 11.9 Å². The van der Waals surface area contributed by atoms with Crippen LogP contribution in [0.15, 0.2) is 17.2 Å². The minimum atomic E-state index is -0.149. The van der Waals surface area contributed by atoms with E-state index in [1.54, 1.807) is 12.4 Å². The Morgan fingerprint density at radius 2 is 2.47 bits per heavy atom. The Hall–Kier alpha value is -1.36. The van der Waals surface area contributed by atoms with Gasteiger partial charge in [-0.1, -0.05) is 0 Å². The second kappa shape index (κ2) is 4.44. The summed E-state index contributed by atoms with van der Waals surface area (Å²) in [5.41, 5.74) is -0.149. The molecule has 15 heavy (non-hydrogen) atoms. The quantitative estimate of drug-likeness (QED) is 0.654. The van der Waals surface area contributed by atoms with E-state index in [-0.39, 0.29) is 5.56 Å². The Labute approximate surface area is 88.3 Å². The lowest BCUT2D eigenvalue weighted by molar-refractivity contribution is 0.395. The smallest absolute Gasteiger partial charge is 0.290 e. The van der Waals surface area contributed by atoms with E-state index in [1.165, 1.54) is 0 Å². The lowest BCUT2D eigenvalue weighted by atomic mass is 10.0. The highest BCUT2D eigenvalue weighted by Crippen LogP contribution is 2.11. The summed E-state index contributed by atoms with van der Waals surface area (Å²) < 4.78 is 0. The Balaban J connectivity index is 2.02. The molecule has 82 valence electrons. The highest BCUT2D eigenvalue weighted by Gasteiger charge is 2.18. The van der Waals surface area contributed by atoms with Crippen LogP contribution in [0.5, 0.6) is 0 Å². The van der Waals surface area contributed by atoms with Gasteiger partial charge in [-0.3, -0.25) is 4.79 Å². The van der Waals surface area contributed by atoms with Gasteiger partial charge in [0.05, 0.1) is 0 Å². The van der Waals surface area contributed by atoms with E-state index in [4.69, 9.17) is 0 Å². The molecule has 0 bridgehead atoms. The average molecular weight is 208 g/mol. The molecule has 0 saturated carbocycles. The molecule has 0 aromatic carbocycles.